The molecule has 1 aromatic carbocycles. The van der Waals surface area contributed by atoms with Crippen molar-refractivity contribution in [2.45, 2.75) is 38.3 Å². The Morgan fingerprint density at radius 3 is 2.75 bits per heavy atom. The molecule has 1 aliphatic rings. The lowest BCUT2D eigenvalue weighted by molar-refractivity contribution is 0.0443. The van der Waals surface area contributed by atoms with Crippen LogP contribution in [0.5, 0.6) is 5.75 Å². The Kier molecular flexibility index (Phi) is 4.60. The molecule has 1 N–H and O–H groups in total. The molecule has 1 saturated heterocycles. The zero-order valence-corrected chi connectivity index (χ0v) is 12.0. The van der Waals surface area contributed by atoms with Crippen LogP contribution >= 0.6 is 0 Å². The monoisotopic (exact) mass is 285 g/mol. The van der Waals surface area contributed by atoms with Crippen LogP contribution in [0.4, 0.5) is 8.78 Å². The second-order valence-corrected chi connectivity index (χ2v) is 5.67. The van der Waals surface area contributed by atoms with Gasteiger partial charge in [0.05, 0.1) is 12.7 Å². The Bertz CT molecular complexity index is 477. The number of hydrogen-bond donors (Lipinski definition) is 1. The topological polar surface area (TPSA) is 32.7 Å². The van der Waals surface area contributed by atoms with E-state index in [1.807, 2.05) is 11.8 Å². The second kappa shape index (κ2) is 6.06. The van der Waals surface area contributed by atoms with Gasteiger partial charge in [-0.25, -0.2) is 8.78 Å². The van der Waals surface area contributed by atoms with Crippen LogP contribution in [0.3, 0.4) is 0 Å². The predicted molar refractivity (Wildman–Crippen MR) is 72.7 cm³/mol. The number of likely N-dealkylation sites (tertiary alicyclic amines) is 1. The van der Waals surface area contributed by atoms with Crippen molar-refractivity contribution in [2.24, 2.45) is 0 Å². The van der Waals surface area contributed by atoms with E-state index in [0.29, 0.717) is 25.3 Å². The minimum absolute atomic E-state index is 0.244. The summed E-state index contributed by atoms with van der Waals surface area (Å²) in [5.74, 6) is -1.34. The average Bonchev–Trinajstić information content (AvgIpc) is 2.57. The van der Waals surface area contributed by atoms with E-state index >= 15 is 0 Å². The normalized spacial score (nSPS) is 24.4. The molecule has 1 heterocycles. The summed E-state index contributed by atoms with van der Waals surface area (Å²) in [6.45, 7) is 3.53. The van der Waals surface area contributed by atoms with Crippen molar-refractivity contribution >= 4 is 0 Å². The number of aliphatic hydroxyl groups is 1. The van der Waals surface area contributed by atoms with Gasteiger partial charge >= 0.3 is 0 Å². The summed E-state index contributed by atoms with van der Waals surface area (Å²) in [5.41, 5.74) is -0.423. The molecule has 0 amide bonds. The van der Waals surface area contributed by atoms with E-state index in [4.69, 9.17) is 4.74 Å². The molecule has 1 aromatic rings. The van der Waals surface area contributed by atoms with Crippen LogP contribution < -0.4 is 4.74 Å². The van der Waals surface area contributed by atoms with Gasteiger partial charge in [-0.2, -0.15) is 0 Å². The van der Waals surface area contributed by atoms with Crippen molar-refractivity contribution in [3.05, 3.63) is 29.3 Å². The molecule has 112 valence electrons. The molecule has 0 aromatic heterocycles. The van der Waals surface area contributed by atoms with Crippen LogP contribution in [0.1, 0.15) is 31.7 Å². The third kappa shape index (κ3) is 3.46. The maximum atomic E-state index is 13.9. The summed E-state index contributed by atoms with van der Waals surface area (Å²) in [6.07, 6.45) is 2.20. The first kappa shape index (κ1) is 15.2. The third-order valence-electron chi connectivity index (χ3n) is 3.91. The molecule has 1 fully saturated rings. The molecule has 0 bridgehead atoms. The van der Waals surface area contributed by atoms with E-state index in [9.17, 15) is 13.9 Å². The standard InChI is InChI=1S/C15H21F2NO2/c1-15(19)6-3-8-18(9-7-15)10-11-13(20-2)5-4-12(16)14(11)17/h4-5,19H,3,6-10H2,1-2H3/t15-/m1/s1. The van der Waals surface area contributed by atoms with Gasteiger partial charge < -0.3 is 9.84 Å². The highest BCUT2D eigenvalue weighted by molar-refractivity contribution is 5.35. The first-order valence-corrected chi connectivity index (χ1v) is 6.88. The minimum Gasteiger partial charge on any atom is -0.496 e. The second-order valence-electron chi connectivity index (χ2n) is 5.67. The maximum Gasteiger partial charge on any atom is 0.167 e. The average molecular weight is 285 g/mol. The lowest BCUT2D eigenvalue weighted by Crippen LogP contribution is -2.28. The largest absolute Gasteiger partial charge is 0.496 e. The van der Waals surface area contributed by atoms with Crippen molar-refractivity contribution in [2.75, 3.05) is 20.2 Å². The van der Waals surface area contributed by atoms with Crippen LogP contribution in [0.15, 0.2) is 12.1 Å². The molecule has 1 aliphatic heterocycles. The van der Waals surface area contributed by atoms with Gasteiger partial charge in [0, 0.05) is 18.7 Å². The molecule has 0 saturated carbocycles. The summed E-state index contributed by atoms with van der Waals surface area (Å²) in [4.78, 5) is 2.03. The van der Waals surface area contributed by atoms with Gasteiger partial charge in [0.25, 0.3) is 0 Å². The molecular formula is C15H21F2NO2. The van der Waals surface area contributed by atoms with Crippen molar-refractivity contribution in [1.29, 1.82) is 0 Å². The highest BCUT2D eigenvalue weighted by Crippen LogP contribution is 2.27. The summed E-state index contributed by atoms with van der Waals surface area (Å²) in [6, 6.07) is 2.52. The number of methoxy groups -OCH3 is 1. The van der Waals surface area contributed by atoms with Crippen LogP contribution in [-0.4, -0.2) is 35.8 Å². The SMILES string of the molecule is COc1ccc(F)c(F)c1CN1CCC[C@@](C)(O)CC1. The number of rotatable bonds is 3. The molecule has 0 aliphatic carbocycles. The van der Waals surface area contributed by atoms with Gasteiger partial charge in [0.1, 0.15) is 5.75 Å². The number of halogens is 2. The van der Waals surface area contributed by atoms with E-state index < -0.39 is 17.2 Å². The summed E-state index contributed by atoms with van der Waals surface area (Å²) >= 11 is 0. The fourth-order valence-electron chi connectivity index (χ4n) is 2.61. The molecule has 0 unspecified atom stereocenters. The van der Waals surface area contributed by atoms with Gasteiger partial charge in [0.15, 0.2) is 11.6 Å². The molecule has 0 radical (unpaired) electrons. The minimum atomic E-state index is -0.859. The molecule has 5 heteroatoms. The predicted octanol–water partition coefficient (Wildman–Crippen LogP) is 2.71. The lowest BCUT2D eigenvalue weighted by atomic mass is 9.98. The zero-order valence-electron chi connectivity index (χ0n) is 12.0. The van der Waals surface area contributed by atoms with E-state index in [1.165, 1.54) is 13.2 Å². The number of ether oxygens (including phenoxy) is 1. The van der Waals surface area contributed by atoms with E-state index in [0.717, 1.165) is 25.5 Å². The molecule has 0 spiro atoms. The fraction of sp³-hybridized carbons (Fsp3) is 0.600. The van der Waals surface area contributed by atoms with Gasteiger partial charge in [-0.05, 0) is 44.9 Å². The molecule has 1 atom stereocenters. The summed E-state index contributed by atoms with van der Waals surface area (Å²) in [7, 11) is 1.45. The van der Waals surface area contributed by atoms with Crippen molar-refractivity contribution < 1.29 is 18.6 Å². The molecule has 3 nitrogen and oxygen atoms in total. The Balaban J connectivity index is 2.15. The zero-order chi connectivity index (χ0) is 14.8. The van der Waals surface area contributed by atoms with Crippen LogP contribution in [0.2, 0.25) is 0 Å². The quantitative estimate of drug-likeness (QED) is 0.927. The van der Waals surface area contributed by atoms with Crippen LogP contribution in [-0.2, 0) is 6.54 Å². The Morgan fingerprint density at radius 2 is 2.05 bits per heavy atom. The number of benzene rings is 1. The highest BCUT2D eigenvalue weighted by Gasteiger charge is 2.26. The van der Waals surface area contributed by atoms with Gasteiger partial charge in [-0.1, -0.05) is 0 Å². The van der Waals surface area contributed by atoms with Crippen LogP contribution in [0, 0.1) is 11.6 Å². The van der Waals surface area contributed by atoms with Gasteiger partial charge in [-0.3, -0.25) is 4.90 Å². The number of nitrogens with zero attached hydrogens (tertiary/aromatic N) is 1. The number of hydrogen-bond acceptors (Lipinski definition) is 3. The Labute approximate surface area is 118 Å². The Hall–Kier alpha value is -1.20. The molecular weight excluding hydrogens is 264 g/mol. The smallest absolute Gasteiger partial charge is 0.167 e. The van der Waals surface area contributed by atoms with Gasteiger partial charge in [0.2, 0.25) is 0 Å². The van der Waals surface area contributed by atoms with Crippen molar-refractivity contribution in [3.8, 4) is 5.75 Å². The Morgan fingerprint density at radius 1 is 1.30 bits per heavy atom. The molecule has 20 heavy (non-hydrogen) atoms. The van der Waals surface area contributed by atoms with Crippen molar-refractivity contribution in [1.82, 2.24) is 4.90 Å². The van der Waals surface area contributed by atoms with Crippen molar-refractivity contribution in [3.63, 3.8) is 0 Å². The maximum absolute atomic E-state index is 13.9. The van der Waals surface area contributed by atoms with E-state index in [1.54, 1.807) is 0 Å². The van der Waals surface area contributed by atoms with Crippen LogP contribution in [0.25, 0.3) is 0 Å². The lowest BCUT2D eigenvalue weighted by Gasteiger charge is -2.23. The fourth-order valence-corrected chi connectivity index (χ4v) is 2.61. The summed E-state index contributed by atoms with van der Waals surface area (Å²) in [5, 5.41) is 10.1. The first-order valence-electron chi connectivity index (χ1n) is 6.88. The van der Waals surface area contributed by atoms with E-state index in [2.05, 4.69) is 0 Å². The van der Waals surface area contributed by atoms with E-state index in [-0.39, 0.29) is 5.56 Å². The highest BCUT2D eigenvalue weighted by atomic mass is 19.2. The first-order chi connectivity index (χ1) is 9.43. The molecule has 2 rings (SSSR count). The third-order valence-corrected chi connectivity index (χ3v) is 3.91. The summed E-state index contributed by atoms with van der Waals surface area (Å²) < 4.78 is 32.4. The van der Waals surface area contributed by atoms with Gasteiger partial charge in [-0.15, -0.1) is 0 Å².